The number of hydrogen-bond acceptors (Lipinski definition) is 2. The second-order valence-corrected chi connectivity index (χ2v) is 1.90. The first-order valence-electron chi connectivity index (χ1n) is 3.14. The van der Waals surface area contributed by atoms with Crippen LogP contribution in [-0.4, -0.2) is 15.8 Å². The van der Waals surface area contributed by atoms with Crippen molar-refractivity contribution in [1.29, 1.82) is 0 Å². The summed E-state index contributed by atoms with van der Waals surface area (Å²) in [4.78, 5) is 13.9. The van der Waals surface area contributed by atoms with Gasteiger partial charge in [0.2, 0.25) is 0 Å². The topological polar surface area (TPSA) is 34.9 Å². The van der Waals surface area contributed by atoms with E-state index < -0.39 is 0 Å². The van der Waals surface area contributed by atoms with Gasteiger partial charge in [0.15, 0.2) is 0 Å². The third-order valence-corrected chi connectivity index (χ3v) is 1.25. The Balaban J connectivity index is 2.97. The quantitative estimate of drug-likeness (QED) is 0.365. The Morgan fingerprint density at radius 3 is 2.91 bits per heavy atom. The molecule has 0 aromatic carbocycles. The summed E-state index contributed by atoms with van der Waals surface area (Å²) in [5, 5.41) is 0. The van der Waals surface area contributed by atoms with Crippen molar-refractivity contribution in [3.8, 4) is 0 Å². The van der Waals surface area contributed by atoms with Crippen LogP contribution in [0.3, 0.4) is 0 Å². The summed E-state index contributed by atoms with van der Waals surface area (Å²) in [6.45, 7) is 3.56. The molecule has 0 aliphatic rings. The Labute approximate surface area is 64.7 Å². The number of rotatable bonds is 3. The van der Waals surface area contributed by atoms with Gasteiger partial charge < -0.3 is 4.57 Å². The van der Waals surface area contributed by atoms with Crippen LogP contribution in [0.25, 0.3) is 5.70 Å². The van der Waals surface area contributed by atoms with E-state index in [0.717, 1.165) is 12.0 Å². The molecule has 0 bridgehead atoms. The summed E-state index contributed by atoms with van der Waals surface area (Å²) in [6, 6.07) is 0. The van der Waals surface area contributed by atoms with Gasteiger partial charge in [0.1, 0.15) is 6.29 Å². The van der Waals surface area contributed by atoms with Crippen molar-refractivity contribution in [1.82, 2.24) is 9.55 Å². The van der Waals surface area contributed by atoms with Crippen molar-refractivity contribution in [3.05, 3.63) is 37.5 Å². The fraction of sp³-hybridized carbons (Fsp3) is 0. The molecule has 0 aliphatic heterocycles. The van der Waals surface area contributed by atoms with Gasteiger partial charge in [-0.05, 0) is 6.08 Å². The van der Waals surface area contributed by atoms with Crippen LogP contribution in [0, 0.1) is 0 Å². The number of imidazole rings is 1. The minimum Gasteiger partial charge on any atom is -0.306 e. The molecule has 0 radical (unpaired) electrons. The van der Waals surface area contributed by atoms with Gasteiger partial charge in [0.05, 0.1) is 6.33 Å². The molecule has 0 saturated carbocycles. The molecule has 1 heterocycles. The minimum atomic E-state index is 0.719. The van der Waals surface area contributed by atoms with Crippen molar-refractivity contribution in [2.75, 3.05) is 0 Å². The first-order chi connectivity index (χ1) is 5.38. The van der Waals surface area contributed by atoms with Crippen molar-refractivity contribution >= 4 is 12.0 Å². The van der Waals surface area contributed by atoms with Crippen LogP contribution in [0.4, 0.5) is 0 Å². The van der Waals surface area contributed by atoms with Crippen LogP contribution in [0.2, 0.25) is 0 Å². The lowest BCUT2D eigenvalue weighted by atomic mass is 10.4. The Bertz CT molecular complexity index is 272. The van der Waals surface area contributed by atoms with Gasteiger partial charge in [-0.2, -0.15) is 0 Å². The van der Waals surface area contributed by atoms with Crippen LogP contribution >= 0.6 is 0 Å². The first-order valence-corrected chi connectivity index (χ1v) is 3.14. The van der Waals surface area contributed by atoms with E-state index in [0.29, 0.717) is 0 Å². The average molecular weight is 148 g/mol. The van der Waals surface area contributed by atoms with Crippen LogP contribution in [-0.2, 0) is 4.79 Å². The molecule has 1 aromatic heterocycles. The van der Waals surface area contributed by atoms with Gasteiger partial charge in [0.25, 0.3) is 0 Å². The number of aromatic nitrogens is 2. The smallest absolute Gasteiger partial charge is 0.144 e. The van der Waals surface area contributed by atoms with Crippen molar-refractivity contribution in [2.24, 2.45) is 0 Å². The van der Waals surface area contributed by atoms with Gasteiger partial charge in [-0.3, -0.25) is 4.79 Å². The zero-order valence-electron chi connectivity index (χ0n) is 5.97. The van der Waals surface area contributed by atoms with E-state index in [9.17, 15) is 4.79 Å². The highest BCUT2D eigenvalue weighted by atomic mass is 16.1. The van der Waals surface area contributed by atoms with Gasteiger partial charge >= 0.3 is 0 Å². The second kappa shape index (κ2) is 3.51. The third-order valence-electron chi connectivity index (χ3n) is 1.25. The van der Waals surface area contributed by atoms with Gasteiger partial charge in [-0.25, -0.2) is 4.98 Å². The standard InChI is InChI=1S/C8H8N2O/c1-2-8(3-6-11)10-5-4-9-7-10/h2-7H,1H2. The molecule has 11 heavy (non-hydrogen) atoms. The van der Waals surface area contributed by atoms with Gasteiger partial charge in [-0.1, -0.05) is 6.58 Å². The van der Waals surface area contributed by atoms with Crippen molar-refractivity contribution < 1.29 is 4.79 Å². The number of aldehydes is 1. The zero-order valence-corrected chi connectivity index (χ0v) is 5.97. The lowest BCUT2D eigenvalue weighted by molar-refractivity contribution is -0.104. The van der Waals surface area contributed by atoms with Crippen LogP contribution in [0.5, 0.6) is 0 Å². The molecule has 0 aliphatic carbocycles. The average Bonchev–Trinajstić information content (AvgIpc) is 2.52. The number of carbonyl (C=O) groups is 1. The number of carbonyl (C=O) groups excluding carboxylic acids is 1. The van der Waals surface area contributed by atoms with Crippen molar-refractivity contribution in [3.63, 3.8) is 0 Å². The molecule has 0 atom stereocenters. The normalized spacial score (nSPS) is 11.1. The molecule has 0 spiro atoms. The minimum absolute atomic E-state index is 0.719. The zero-order chi connectivity index (χ0) is 8.10. The van der Waals surface area contributed by atoms with E-state index in [2.05, 4.69) is 11.6 Å². The van der Waals surface area contributed by atoms with E-state index in [1.54, 1.807) is 29.4 Å². The maximum Gasteiger partial charge on any atom is 0.144 e. The molecule has 0 N–H and O–H groups in total. The molecular weight excluding hydrogens is 140 g/mol. The Kier molecular flexibility index (Phi) is 2.38. The van der Waals surface area contributed by atoms with Gasteiger partial charge in [-0.15, -0.1) is 0 Å². The largest absolute Gasteiger partial charge is 0.306 e. The number of hydrogen-bond donors (Lipinski definition) is 0. The molecule has 0 unspecified atom stereocenters. The third kappa shape index (κ3) is 1.64. The molecular formula is C8H8N2O. The summed E-state index contributed by atoms with van der Waals surface area (Å²) >= 11 is 0. The van der Waals surface area contributed by atoms with Crippen LogP contribution < -0.4 is 0 Å². The predicted octanol–water partition coefficient (Wildman–Crippen LogP) is 1.11. The van der Waals surface area contributed by atoms with E-state index in [4.69, 9.17) is 0 Å². The first kappa shape index (κ1) is 7.47. The summed E-state index contributed by atoms with van der Waals surface area (Å²) in [5.74, 6) is 0. The Morgan fingerprint density at radius 1 is 1.64 bits per heavy atom. The lowest BCUT2D eigenvalue weighted by Gasteiger charge is -1.98. The Morgan fingerprint density at radius 2 is 2.45 bits per heavy atom. The fourth-order valence-electron chi connectivity index (χ4n) is 0.741. The molecule has 0 fully saturated rings. The lowest BCUT2D eigenvalue weighted by Crippen LogP contribution is -1.89. The highest BCUT2D eigenvalue weighted by Gasteiger charge is 1.91. The van der Waals surface area contributed by atoms with E-state index in [1.807, 2.05) is 0 Å². The highest BCUT2D eigenvalue weighted by Crippen LogP contribution is 2.02. The molecule has 0 saturated heterocycles. The summed E-state index contributed by atoms with van der Waals surface area (Å²) < 4.78 is 1.71. The predicted molar refractivity (Wildman–Crippen MR) is 42.8 cm³/mol. The fourth-order valence-corrected chi connectivity index (χ4v) is 0.741. The highest BCUT2D eigenvalue weighted by molar-refractivity contribution is 5.78. The molecule has 3 heteroatoms. The molecule has 1 rings (SSSR count). The summed E-state index contributed by atoms with van der Waals surface area (Å²) in [6.07, 6.45) is 8.73. The van der Waals surface area contributed by atoms with E-state index >= 15 is 0 Å². The molecule has 0 amide bonds. The summed E-state index contributed by atoms with van der Waals surface area (Å²) in [7, 11) is 0. The van der Waals surface area contributed by atoms with Crippen molar-refractivity contribution in [2.45, 2.75) is 0 Å². The molecule has 56 valence electrons. The van der Waals surface area contributed by atoms with Gasteiger partial charge in [0, 0.05) is 24.2 Å². The van der Waals surface area contributed by atoms with E-state index in [1.165, 1.54) is 6.08 Å². The SMILES string of the molecule is C=CC(=CC=O)n1ccnc1. The van der Waals surface area contributed by atoms with Crippen LogP contribution in [0.15, 0.2) is 37.5 Å². The maximum absolute atomic E-state index is 10.1. The molecule has 1 aromatic rings. The summed E-state index contributed by atoms with van der Waals surface area (Å²) in [5.41, 5.74) is 0.720. The molecule has 3 nitrogen and oxygen atoms in total. The Hall–Kier alpha value is -1.64. The number of allylic oxidation sites excluding steroid dienone is 3. The second-order valence-electron chi connectivity index (χ2n) is 1.90. The monoisotopic (exact) mass is 148 g/mol. The maximum atomic E-state index is 10.1. The number of nitrogens with zero attached hydrogens (tertiary/aromatic N) is 2. The van der Waals surface area contributed by atoms with E-state index in [-0.39, 0.29) is 0 Å². The van der Waals surface area contributed by atoms with Crippen LogP contribution in [0.1, 0.15) is 0 Å².